The summed E-state index contributed by atoms with van der Waals surface area (Å²) in [5.74, 6) is 0.0780. The van der Waals surface area contributed by atoms with Crippen molar-refractivity contribution in [2.75, 3.05) is 12.8 Å². The normalized spacial score (nSPS) is 11.0. The molecule has 0 aliphatic rings. The molecule has 7 nitrogen and oxygen atoms in total. The summed E-state index contributed by atoms with van der Waals surface area (Å²) in [6, 6.07) is 5.08. The Labute approximate surface area is 138 Å². The number of nitrogens with zero attached hydrogens (tertiary/aromatic N) is 2. The number of aromatic nitrogens is 2. The van der Waals surface area contributed by atoms with Crippen LogP contribution in [0.3, 0.4) is 0 Å². The van der Waals surface area contributed by atoms with Gasteiger partial charge in [0, 0.05) is 23.2 Å². The Morgan fingerprint density at radius 1 is 1.33 bits per heavy atom. The minimum absolute atomic E-state index is 0.137. The van der Waals surface area contributed by atoms with Crippen LogP contribution in [0.15, 0.2) is 24.4 Å². The number of carbonyl (C=O) groups excluding carboxylic acids is 1. The summed E-state index contributed by atoms with van der Waals surface area (Å²) in [6.45, 7) is 3.68. The number of anilines is 1. The molecule has 7 heteroatoms. The van der Waals surface area contributed by atoms with E-state index in [0.29, 0.717) is 28.0 Å². The van der Waals surface area contributed by atoms with Crippen LogP contribution in [-0.4, -0.2) is 27.7 Å². The number of phenols is 1. The fourth-order valence-electron chi connectivity index (χ4n) is 2.96. The largest absolute Gasteiger partial charge is 0.508 e. The molecule has 0 atom stereocenters. The molecule has 0 fully saturated rings. The average Bonchev–Trinajstić information content (AvgIpc) is 2.83. The van der Waals surface area contributed by atoms with Gasteiger partial charge < -0.3 is 21.3 Å². The Kier molecular flexibility index (Phi) is 3.56. The van der Waals surface area contributed by atoms with Crippen LogP contribution in [0.1, 0.15) is 21.5 Å². The van der Waals surface area contributed by atoms with Gasteiger partial charge >= 0.3 is 0 Å². The first-order valence-electron chi connectivity index (χ1n) is 7.30. The van der Waals surface area contributed by atoms with Crippen molar-refractivity contribution in [1.29, 1.82) is 0 Å². The van der Waals surface area contributed by atoms with Gasteiger partial charge in [0.2, 0.25) is 5.88 Å². The average molecular weight is 326 g/mol. The van der Waals surface area contributed by atoms with Gasteiger partial charge in [0.05, 0.1) is 23.9 Å². The molecule has 0 aliphatic carbocycles. The number of nitrogen functional groups attached to an aromatic ring is 1. The number of ether oxygens (including phenoxy) is 1. The number of aryl methyl sites for hydroxylation is 1. The number of hydrogen-bond donors (Lipinski definition) is 3. The van der Waals surface area contributed by atoms with E-state index < -0.39 is 5.91 Å². The highest BCUT2D eigenvalue weighted by atomic mass is 16.5. The van der Waals surface area contributed by atoms with Gasteiger partial charge in [-0.25, -0.2) is 4.98 Å². The maximum atomic E-state index is 11.9. The second kappa shape index (κ2) is 5.45. The molecule has 124 valence electrons. The van der Waals surface area contributed by atoms with E-state index in [2.05, 4.69) is 4.98 Å². The Balaban J connectivity index is 2.51. The summed E-state index contributed by atoms with van der Waals surface area (Å²) in [6.07, 6.45) is 1.51. The third-order valence-corrected chi connectivity index (χ3v) is 4.15. The van der Waals surface area contributed by atoms with Crippen LogP contribution >= 0.6 is 0 Å². The first kappa shape index (κ1) is 15.7. The van der Waals surface area contributed by atoms with Gasteiger partial charge in [0.15, 0.2) is 0 Å². The van der Waals surface area contributed by atoms with Crippen LogP contribution in [0.5, 0.6) is 11.6 Å². The Morgan fingerprint density at radius 3 is 2.67 bits per heavy atom. The number of benzene rings is 1. The molecule has 0 unspecified atom stereocenters. The third kappa shape index (κ3) is 2.13. The zero-order valence-electron chi connectivity index (χ0n) is 13.6. The van der Waals surface area contributed by atoms with E-state index in [1.807, 2.05) is 6.92 Å². The topological polar surface area (TPSA) is 116 Å². The lowest BCUT2D eigenvalue weighted by molar-refractivity contribution is 0.100. The highest BCUT2D eigenvalue weighted by Gasteiger charge is 2.23. The van der Waals surface area contributed by atoms with Gasteiger partial charge in [0.25, 0.3) is 5.91 Å². The molecule has 0 saturated carbocycles. The van der Waals surface area contributed by atoms with Gasteiger partial charge in [0.1, 0.15) is 11.6 Å². The minimum Gasteiger partial charge on any atom is -0.508 e. The SMILES string of the molecule is COc1cc2c(cn1)c(C(N)=O)c(N)n2-c1c(C)ccc(O)c1C. The van der Waals surface area contributed by atoms with E-state index in [-0.39, 0.29) is 17.1 Å². The van der Waals surface area contributed by atoms with Crippen LogP contribution < -0.4 is 16.2 Å². The van der Waals surface area contributed by atoms with Crippen molar-refractivity contribution in [3.63, 3.8) is 0 Å². The maximum absolute atomic E-state index is 11.9. The van der Waals surface area contributed by atoms with Crippen molar-refractivity contribution >= 4 is 22.6 Å². The molecule has 1 aromatic carbocycles. The van der Waals surface area contributed by atoms with E-state index in [9.17, 15) is 9.90 Å². The third-order valence-electron chi connectivity index (χ3n) is 4.15. The lowest BCUT2D eigenvalue weighted by Crippen LogP contribution is -2.14. The van der Waals surface area contributed by atoms with Crippen molar-refractivity contribution in [2.24, 2.45) is 5.73 Å². The number of carbonyl (C=O) groups is 1. The molecule has 0 spiro atoms. The van der Waals surface area contributed by atoms with E-state index in [0.717, 1.165) is 5.56 Å². The number of amides is 1. The zero-order valence-corrected chi connectivity index (χ0v) is 13.6. The molecule has 2 aromatic heterocycles. The van der Waals surface area contributed by atoms with E-state index >= 15 is 0 Å². The predicted molar refractivity (Wildman–Crippen MR) is 91.7 cm³/mol. The van der Waals surface area contributed by atoms with Crippen LogP contribution in [0.2, 0.25) is 0 Å². The predicted octanol–water partition coefficient (Wildman–Crippen LogP) is 2.04. The van der Waals surface area contributed by atoms with Gasteiger partial charge in [-0.15, -0.1) is 0 Å². The lowest BCUT2D eigenvalue weighted by Gasteiger charge is -2.16. The van der Waals surface area contributed by atoms with Gasteiger partial charge in [-0.1, -0.05) is 6.07 Å². The summed E-state index contributed by atoms with van der Waals surface area (Å²) in [5.41, 5.74) is 14.8. The quantitative estimate of drug-likeness (QED) is 0.681. The molecule has 0 radical (unpaired) electrons. The van der Waals surface area contributed by atoms with Crippen LogP contribution in [0.4, 0.5) is 5.82 Å². The van der Waals surface area contributed by atoms with Gasteiger partial charge in [-0.2, -0.15) is 0 Å². The number of phenolic OH excluding ortho intramolecular Hbond substituents is 1. The summed E-state index contributed by atoms with van der Waals surface area (Å²) in [5, 5.41) is 10.6. The highest BCUT2D eigenvalue weighted by Crippen LogP contribution is 2.36. The standard InChI is InChI=1S/C17H18N4O3/c1-8-4-5-12(22)9(2)15(8)21-11-6-13(24-3)20-7-10(11)14(16(21)18)17(19)23/h4-7,22H,18H2,1-3H3,(H2,19,23). The fourth-order valence-corrected chi connectivity index (χ4v) is 2.96. The Hall–Kier alpha value is -3.22. The second-order valence-corrected chi connectivity index (χ2v) is 5.58. The lowest BCUT2D eigenvalue weighted by atomic mass is 10.1. The number of hydrogen-bond acceptors (Lipinski definition) is 5. The Bertz CT molecular complexity index is 976. The summed E-state index contributed by atoms with van der Waals surface area (Å²) < 4.78 is 6.87. The molecule has 24 heavy (non-hydrogen) atoms. The molecule has 3 aromatic rings. The van der Waals surface area contributed by atoms with Crippen molar-refractivity contribution < 1.29 is 14.6 Å². The van der Waals surface area contributed by atoms with Crippen molar-refractivity contribution in [3.8, 4) is 17.3 Å². The summed E-state index contributed by atoms with van der Waals surface area (Å²) >= 11 is 0. The number of fused-ring (bicyclic) bond motifs is 1. The minimum atomic E-state index is -0.640. The van der Waals surface area contributed by atoms with Gasteiger partial charge in [-0.05, 0) is 25.5 Å². The number of aromatic hydroxyl groups is 1. The zero-order chi connectivity index (χ0) is 17.6. The van der Waals surface area contributed by atoms with Crippen LogP contribution in [0.25, 0.3) is 16.6 Å². The van der Waals surface area contributed by atoms with Crippen molar-refractivity contribution in [1.82, 2.24) is 9.55 Å². The van der Waals surface area contributed by atoms with E-state index in [1.165, 1.54) is 13.3 Å². The molecular weight excluding hydrogens is 308 g/mol. The van der Waals surface area contributed by atoms with E-state index in [1.54, 1.807) is 29.7 Å². The van der Waals surface area contributed by atoms with Crippen molar-refractivity contribution in [2.45, 2.75) is 13.8 Å². The molecule has 0 saturated heterocycles. The van der Waals surface area contributed by atoms with Crippen LogP contribution in [0, 0.1) is 13.8 Å². The number of pyridine rings is 1. The molecule has 1 amide bonds. The molecule has 0 bridgehead atoms. The highest BCUT2D eigenvalue weighted by molar-refractivity contribution is 6.11. The molecule has 3 rings (SSSR count). The number of nitrogens with two attached hydrogens (primary N) is 2. The van der Waals surface area contributed by atoms with Crippen molar-refractivity contribution in [3.05, 3.63) is 41.1 Å². The van der Waals surface area contributed by atoms with E-state index in [4.69, 9.17) is 16.2 Å². The van der Waals surface area contributed by atoms with Gasteiger partial charge in [-0.3, -0.25) is 9.36 Å². The molecule has 0 aliphatic heterocycles. The summed E-state index contributed by atoms with van der Waals surface area (Å²) in [4.78, 5) is 16.0. The van der Waals surface area contributed by atoms with Crippen LogP contribution in [-0.2, 0) is 0 Å². The molecular formula is C17H18N4O3. The first-order chi connectivity index (χ1) is 11.4. The number of rotatable bonds is 3. The first-order valence-corrected chi connectivity index (χ1v) is 7.30. The fraction of sp³-hybridized carbons (Fsp3) is 0.176. The summed E-state index contributed by atoms with van der Waals surface area (Å²) in [7, 11) is 1.50. The Morgan fingerprint density at radius 2 is 2.04 bits per heavy atom. The monoisotopic (exact) mass is 326 g/mol. The second-order valence-electron chi connectivity index (χ2n) is 5.58. The maximum Gasteiger partial charge on any atom is 0.253 e. The smallest absolute Gasteiger partial charge is 0.253 e. The number of methoxy groups -OCH3 is 1. The molecule has 2 heterocycles. The molecule has 5 N–H and O–H groups in total. The number of primary amides is 1.